The fourth-order valence-electron chi connectivity index (χ4n) is 2.21. The molecule has 5 heteroatoms. The van der Waals surface area contributed by atoms with Crippen molar-refractivity contribution in [2.75, 3.05) is 26.3 Å². The van der Waals surface area contributed by atoms with Crippen LogP contribution in [0.5, 0.6) is 0 Å². The largest absolute Gasteiger partial charge is 0.461 e. The number of nitrogens with zero attached hydrogens (tertiary/aromatic N) is 1. The number of hydrogen-bond donors (Lipinski definition) is 2. The van der Waals surface area contributed by atoms with Crippen LogP contribution < -0.4 is 0 Å². The van der Waals surface area contributed by atoms with E-state index in [1.165, 1.54) is 11.0 Å². The fourth-order valence-corrected chi connectivity index (χ4v) is 2.21. The molecule has 2 N–H and O–H groups in total. The Hall–Kier alpha value is -1.59. The molecule has 110 valence electrons. The van der Waals surface area contributed by atoms with E-state index >= 15 is 0 Å². The van der Waals surface area contributed by atoms with Crippen molar-refractivity contribution in [2.45, 2.75) is 19.3 Å². The van der Waals surface area contributed by atoms with E-state index in [4.69, 9.17) is 14.6 Å². The van der Waals surface area contributed by atoms with E-state index in [1.54, 1.807) is 6.08 Å². The maximum absolute atomic E-state index is 11.9. The number of hydrogen-bond acceptors (Lipinski definition) is 4. The van der Waals surface area contributed by atoms with Gasteiger partial charge < -0.3 is 19.5 Å². The Kier molecular flexibility index (Phi) is 4.98. The van der Waals surface area contributed by atoms with Gasteiger partial charge in [-0.15, -0.1) is 0 Å². The van der Waals surface area contributed by atoms with Crippen molar-refractivity contribution in [2.24, 2.45) is 5.92 Å². The van der Waals surface area contributed by atoms with Gasteiger partial charge in [-0.05, 0) is 30.5 Å². The van der Waals surface area contributed by atoms with Crippen molar-refractivity contribution in [3.63, 3.8) is 0 Å². The normalized spacial score (nSPS) is 21.4. The van der Waals surface area contributed by atoms with Gasteiger partial charge in [-0.2, -0.15) is 0 Å². The Labute approximate surface area is 118 Å². The van der Waals surface area contributed by atoms with Gasteiger partial charge in [0.05, 0.1) is 13.2 Å². The molecule has 1 amide bonds. The molecule has 0 spiro atoms. The van der Waals surface area contributed by atoms with Crippen molar-refractivity contribution in [3.8, 4) is 0 Å². The lowest BCUT2D eigenvalue weighted by Crippen LogP contribution is -2.34. The number of carbonyl (C=O) groups is 1. The van der Waals surface area contributed by atoms with Crippen LogP contribution in [0, 0.1) is 5.92 Å². The van der Waals surface area contributed by atoms with E-state index in [0.717, 1.165) is 12.2 Å². The lowest BCUT2D eigenvalue weighted by atomic mass is 10.3. The second-order valence-electron chi connectivity index (χ2n) is 5.17. The molecule has 1 aliphatic carbocycles. The Morgan fingerprint density at radius 3 is 2.60 bits per heavy atom. The zero-order chi connectivity index (χ0) is 14.5. The van der Waals surface area contributed by atoms with Crippen LogP contribution in [-0.4, -0.2) is 47.3 Å². The van der Waals surface area contributed by atoms with Crippen LogP contribution in [0.3, 0.4) is 0 Å². The summed E-state index contributed by atoms with van der Waals surface area (Å²) in [6.07, 6.45) is 4.20. The lowest BCUT2D eigenvalue weighted by molar-refractivity contribution is -0.126. The van der Waals surface area contributed by atoms with Gasteiger partial charge in [-0.25, -0.2) is 0 Å². The molecule has 0 aliphatic heterocycles. The summed E-state index contributed by atoms with van der Waals surface area (Å²) in [4.78, 5) is 13.3. The van der Waals surface area contributed by atoms with Gasteiger partial charge >= 0.3 is 0 Å². The fraction of sp³-hybridized carbons (Fsp3) is 0.533. The average Bonchev–Trinajstić information content (AvgIpc) is 2.99. The maximum Gasteiger partial charge on any atom is 0.246 e. The summed E-state index contributed by atoms with van der Waals surface area (Å²) in [6, 6.07) is 3.81. The molecule has 1 aromatic rings. The highest BCUT2D eigenvalue weighted by Crippen LogP contribution is 2.47. The molecular weight excluding hydrogens is 258 g/mol. The van der Waals surface area contributed by atoms with E-state index in [2.05, 4.69) is 6.92 Å². The lowest BCUT2D eigenvalue weighted by Gasteiger charge is -2.18. The molecule has 2 unspecified atom stereocenters. The highest BCUT2D eigenvalue weighted by atomic mass is 16.3. The van der Waals surface area contributed by atoms with Crippen LogP contribution in [-0.2, 0) is 4.79 Å². The van der Waals surface area contributed by atoms with E-state index in [0.29, 0.717) is 17.6 Å². The number of amides is 1. The molecule has 0 aromatic carbocycles. The zero-order valence-electron chi connectivity index (χ0n) is 11.7. The molecule has 5 nitrogen and oxygen atoms in total. The molecule has 20 heavy (non-hydrogen) atoms. The van der Waals surface area contributed by atoms with Gasteiger partial charge in [0.25, 0.3) is 0 Å². The summed E-state index contributed by atoms with van der Waals surface area (Å²) in [5, 5.41) is 17.8. The molecule has 2 atom stereocenters. The third-order valence-electron chi connectivity index (χ3n) is 3.56. The van der Waals surface area contributed by atoms with Crippen LogP contribution in [0.2, 0.25) is 0 Å². The number of carbonyl (C=O) groups excluding carboxylic acids is 1. The Balaban J connectivity index is 1.93. The van der Waals surface area contributed by atoms with Crippen molar-refractivity contribution >= 4 is 12.0 Å². The van der Waals surface area contributed by atoms with Crippen LogP contribution in [0.1, 0.15) is 30.8 Å². The molecule has 1 saturated carbocycles. The molecular formula is C15H21NO4. The number of aliphatic hydroxyl groups is 2. The Morgan fingerprint density at radius 1 is 1.40 bits per heavy atom. The van der Waals surface area contributed by atoms with Crippen LogP contribution in [0.25, 0.3) is 6.08 Å². The minimum atomic E-state index is -0.245. The van der Waals surface area contributed by atoms with Crippen molar-refractivity contribution in [3.05, 3.63) is 29.7 Å². The minimum Gasteiger partial charge on any atom is -0.461 e. The molecule has 1 fully saturated rings. The van der Waals surface area contributed by atoms with Gasteiger partial charge in [0, 0.05) is 25.1 Å². The Morgan fingerprint density at radius 2 is 2.05 bits per heavy atom. The first-order chi connectivity index (χ1) is 9.65. The minimum absolute atomic E-state index is 0.121. The van der Waals surface area contributed by atoms with E-state index < -0.39 is 0 Å². The summed E-state index contributed by atoms with van der Waals surface area (Å²) in [5.74, 6) is 2.59. The van der Waals surface area contributed by atoms with Gasteiger partial charge in [0.2, 0.25) is 5.91 Å². The van der Waals surface area contributed by atoms with E-state index in [9.17, 15) is 4.79 Å². The second kappa shape index (κ2) is 6.72. The van der Waals surface area contributed by atoms with Crippen LogP contribution in [0.15, 0.2) is 22.6 Å². The summed E-state index contributed by atoms with van der Waals surface area (Å²) in [6.45, 7) is 2.38. The van der Waals surface area contributed by atoms with Gasteiger partial charge in [0.1, 0.15) is 11.5 Å². The van der Waals surface area contributed by atoms with Crippen LogP contribution >= 0.6 is 0 Å². The molecule has 0 saturated heterocycles. The SMILES string of the molecule is CC1CC1c1ccc(/C=C/C(=O)N(CCO)CCO)o1. The number of rotatable bonds is 7. The van der Waals surface area contributed by atoms with E-state index in [-0.39, 0.29) is 32.2 Å². The standard InChI is InChI=1S/C15H21NO4/c1-11-10-13(11)14-4-2-12(20-14)3-5-15(19)16(6-8-17)7-9-18/h2-5,11,13,17-18H,6-10H2,1H3/b5-3+. The van der Waals surface area contributed by atoms with Gasteiger partial charge in [-0.3, -0.25) is 4.79 Å². The van der Waals surface area contributed by atoms with Crippen LogP contribution in [0.4, 0.5) is 0 Å². The zero-order valence-corrected chi connectivity index (χ0v) is 11.7. The highest BCUT2D eigenvalue weighted by Gasteiger charge is 2.36. The molecule has 1 aromatic heterocycles. The van der Waals surface area contributed by atoms with Gasteiger partial charge in [-0.1, -0.05) is 6.92 Å². The van der Waals surface area contributed by atoms with Gasteiger partial charge in [0.15, 0.2) is 0 Å². The molecule has 1 aliphatic rings. The van der Waals surface area contributed by atoms with Crippen molar-refractivity contribution < 1.29 is 19.4 Å². The smallest absolute Gasteiger partial charge is 0.246 e. The first kappa shape index (κ1) is 14.8. The monoisotopic (exact) mass is 279 g/mol. The second-order valence-corrected chi connectivity index (χ2v) is 5.17. The third-order valence-corrected chi connectivity index (χ3v) is 3.56. The number of furan rings is 1. The predicted molar refractivity (Wildman–Crippen MR) is 75.0 cm³/mol. The summed E-state index contributed by atoms with van der Waals surface area (Å²) in [5.41, 5.74) is 0. The van der Waals surface area contributed by atoms with Crippen molar-refractivity contribution in [1.82, 2.24) is 4.90 Å². The van der Waals surface area contributed by atoms with E-state index in [1.807, 2.05) is 12.1 Å². The maximum atomic E-state index is 11.9. The molecule has 0 bridgehead atoms. The first-order valence-electron chi connectivity index (χ1n) is 6.94. The first-order valence-corrected chi connectivity index (χ1v) is 6.94. The number of aliphatic hydroxyl groups excluding tert-OH is 2. The molecule has 1 heterocycles. The molecule has 0 radical (unpaired) electrons. The predicted octanol–water partition coefficient (Wildman–Crippen LogP) is 1.23. The highest BCUT2D eigenvalue weighted by molar-refractivity contribution is 5.91. The van der Waals surface area contributed by atoms with Crippen molar-refractivity contribution in [1.29, 1.82) is 0 Å². The third kappa shape index (κ3) is 3.71. The summed E-state index contributed by atoms with van der Waals surface area (Å²) < 4.78 is 5.67. The average molecular weight is 279 g/mol. The topological polar surface area (TPSA) is 73.9 Å². The quantitative estimate of drug-likeness (QED) is 0.736. The Bertz CT molecular complexity index is 474. The summed E-state index contributed by atoms with van der Waals surface area (Å²) in [7, 11) is 0. The molecule has 2 rings (SSSR count). The summed E-state index contributed by atoms with van der Waals surface area (Å²) >= 11 is 0.